The summed E-state index contributed by atoms with van der Waals surface area (Å²) in [6.45, 7) is 3.02. The Bertz CT molecular complexity index is 595. The Labute approximate surface area is 133 Å². The van der Waals surface area contributed by atoms with E-state index in [1.807, 2.05) is 0 Å². The van der Waals surface area contributed by atoms with Gasteiger partial charge in [-0.15, -0.1) is 0 Å². The van der Waals surface area contributed by atoms with Gasteiger partial charge >= 0.3 is 5.97 Å². The summed E-state index contributed by atoms with van der Waals surface area (Å²) < 4.78 is 10.2. The summed E-state index contributed by atoms with van der Waals surface area (Å²) in [5.41, 5.74) is 0.199. The summed E-state index contributed by atoms with van der Waals surface area (Å²) in [4.78, 5) is 20.2. The molecule has 2 rings (SSSR count). The van der Waals surface area contributed by atoms with E-state index < -0.39 is 5.97 Å². The Kier molecular flexibility index (Phi) is 5.91. The number of rotatable bonds is 5. The molecule has 0 saturated carbocycles. The van der Waals surface area contributed by atoms with Crippen molar-refractivity contribution in [3.05, 3.63) is 34.6 Å². The molecule has 7 heteroatoms. The molecule has 22 heavy (non-hydrogen) atoms. The average molecular weight is 325 g/mol. The molecule has 0 unspecified atom stereocenters. The highest BCUT2D eigenvalue weighted by molar-refractivity contribution is 6.31. The van der Waals surface area contributed by atoms with Crippen LogP contribution in [0.5, 0.6) is 0 Å². The van der Waals surface area contributed by atoms with Crippen LogP contribution in [-0.4, -0.2) is 48.1 Å². The van der Waals surface area contributed by atoms with Crippen LogP contribution < -0.4 is 0 Å². The number of aliphatic hydroxyl groups is 1. The summed E-state index contributed by atoms with van der Waals surface area (Å²) in [7, 11) is 0. The standard InChI is InChI=1S/C15H17ClN2O4/c1-2-22-15(20)12(8-18-10-5-7-21-9-10)13(19)11-4-3-6-17-14(11)16/h3-4,6,8,10,19H,2,5,7,9H2,1H3/t10-/m0/s1. The van der Waals surface area contributed by atoms with Gasteiger partial charge in [-0.05, 0) is 25.5 Å². The summed E-state index contributed by atoms with van der Waals surface area (Å²) in [5, 5.41) is 10.5. The maximum Gasteiger partial charge on any atom is 0.343 e. The number of hydrogen-bond acceptors (Lipinski definition) is 6. The number of halogens is 1. The van der Waals surface area contributed by atoms with Crippen molar-refractivity contribution in [2.45, 2.75) is 19.4 Å². The SMILES string of the molecule is CCOC(=O)C(C=N[C@H]1CCOC1)=C(O)c1cccnc1Cl. The minimum atomic E-state index is -0.664. The lowest BCUT2D eigenvalue weighted by atomic mass is 10.1. The minimum Gasteiger partial charge on any atom is -0.506 e. The van der Waals surface area contributed by atoms with Crippen molar-refractivity contribution in [2.75, 3.05) is 19.8 Å². The number of carbonyl (C=O) groups is 1. The fourth-order valence-corrected chi connectivity index (χ4v) is 2.16. The molecule has 6 nitrogen and oxygen atoms in total. The molecule has 1 aromatic rings. The van der Waals surface area contributed by atoms with Gasteiger partial charge in [-0.3, -0.25) is 4.99 Å². The van der Waals surface area contributed by atoms with Gasteiger partial charge < -0.3 is 14.6 Å². The molecule has 1 aromatic heterocycles. The third-order valence-corrected chi connectivity index (χ3v) is 3.39. The molecule has 0 spiro atoms. The normalized spacial score (nSPS) is 19.3. The lowest BCUT2D eigenvalue weighted by Gasteiger charge is -2.08. The highest BCUT2D eigenvalue weighted by atomic mass is 35.5. The molecule has 1 N–H and O–H groups in total. The molecule has 0 aromatic carbocycles. The number of pyridine rings is 1. The van der Waals surface area contributed by atoms with Gasteiger partial charge in [0, 0.05) is 19.0 Å². The van der Waals surface area contributed by atoms with E-state index in [4.69, 9.17) is 21.1 Å². The Balaban J connectivity index is 2.35. The van der Waals surface area contributed by atoms with Crippen molar-refractivity contribution in [3.63, 3.8) is 0 Å². The molecule has 0 amide bonds. The number of carbonyl (C=O) groups excluding carboxylic acids is 1. The van der Waals surface area contributed by atoms with E-state index in [9.17, 15) is 9.90 Å². The topological polar surface area (TPSA) is 81.0 Å². The first-order valence-electron chi connectivity index (χ1n) is 6.95. The molecule has 2 heterocycles. The van der Waals surface area contributed by atoms with Gasteiger partial charge in [-0.1, -0.05) is 11.6 Å². The van der Waals surface area contributed by atoms with Crippen molar-refractivity contribution >= 4 is 29.5 Å². The number of ether oxygens (including phenoxy) is 2. The number of aliphatic hydroxyl groups excluding tert-OH is 1. The second kappa shape index (κ2) is 7.91. The zero-order valence-electron chi connectivity index (χ0n) is 12.2. The van der Waals surface area contributed by atoms with E-state index in [1.54, 1.807) is 19.1 Å². The Hall–Kier alpha value is -1.92. The van der Waals surface area contributed by atoms with Crippen LogP contribution >= 0.6 is 11.6 Å². The molecule has 1 atom stereocenters. The van der Waals surface area contributed by atoms with E-state index >= 15 is 0 Å². The first-order valence-corrected chi connectivity index (χ1v) is 7.33. The van der Waals surface area contributed by atoms with Crippen molar-refractivity contribution in [1.82, 2.24) is 4.98 Å². The number of aromatic nitrogens is 1. The molecule has 0 radical (unpaired) electrons. The quantitative estimate of drug-likeness (QED) is 0.296. The fraction of sp³-hybridized carbons (Fsp3) is 0.400. The highest BCUT2D eigenvalue weighted by Gasteiger charge is 2.20. The number of nitrogens with zero attached hydrogens (tertiary/aromatic N) is 2. The average Bonchev–Trinajstić information content (AvgIpc) is 3.01. The Morgan fingerprint density at radius 1 is 1.68 bits per heavy atom. The molecular formula is C15H17ClN2O4. The summed E-state index contributed by atoms with van der Waals surface area (Å²) in [5.74, 6) is -0.971. The molecule has 1 aliphatic heterocycles. The maximum absolute atomic E-state index is 12.0. The molecular weight excluding hydrogens is 308 g/mol. The molecule has 1 aliphatic rings. The van der Waals surface area contributed by atoms with Gasteiger partial charge in [0.1, 0.15) is 16.5 Å². The van der Waals surface area contributed by atoms with Crippen molar-refractivity contribution in [3.8, 4) is 0 Å². The number of hydrogen-bond donors (Lipinski definition) is 1. The van der Waals surface area contributed by atoms with Gasteiger partial charge in [-0.2, -0.15) is 0 Å². The second-order valence-electron chi connectivity index (χ2n) is 4.62. The monoisotopic (exact) mass is 324 g/mol. The first-order chi connectivity index (χ1) is 10.6. The van der Waals surface area contributed by atoms with Crippen molar-refractivity contribution in [1.29, 1.82) is 0 Å². The van der Waals surface area contributed by atoms with E-state index in [-0.39, 0.29) is 34.7 Å². The number of aliphatic imine (C=N–C) groups is 1. The second-order valence-corrected chi connectivity index (χ2v) is 4.98. The van der Waals surface area contributed by atoms with Crippen LogP contribution in [0.2, 0.25) is 5.15 Å². The maximum atomic E-state index is 12.0. The molecule has 0 aliphatic carbocycles. The highest BCUT2D eigenvalue weighted by Crippen LogP contribution is 2.22. The minimum absolute atomic E-state index is 0.0263. The zero-order valence-corrected chi connectivity index (χ0v) is 12.9. The third kappa shape index (κ3) is 4.05. The van der Waals surface area contributed by atoms with Gasteiger partial charge in [0.25, 0.3) is 0 Å². The summed E-state index contributed by atoms with van der Waals surface area (Å²) >= 11 is 5.95. The van der Waals surface area contributed by atoms with Crippen molar-refractivity contribution < 1.29 is 19.4 Å². The van der Waals surface area contributed by atoms with Crippen molar-refractivity contribution in [2.24, 2.45) is 4.99 Å². The summed E-state index contributed by atoms with van der Waals surface area (Å²) in [6.07, 6.45) is 3.59. The van der Waals surface area contributed by atoms with E-state index in [1.165, 1.54) is 12.4 Å². The predicted molar refractivity (Wildman–Crippen MR) is 83.1 cm³/mol. The lowest BCUT2D eigenvalue weighted by molar-refractivity contribution is -0.137. The van der Waals surface area contributed by atoms with Crippen LogP contribution in [-0.2, 0) is 14.3 Å². The fourth-order valence-electron chi connectivity index (χ4n) is 1.95. The molecule has 1 fully saturated rings. The molecule has 118 valence electrons. The Morgan fingerprint density at radius 3 is 3.14 bits per heavy atom. The predicted octanol–water partition coefficient (Wildman–Crippen LogP) is 2.43. The lowest BCUT2D eigenvalue weighted by Crippen LogP contribution is -2.13. The summed E-state index contributed by atoms with van der Waals surface area (Å²) in [6, 6.07) is 3.15. The van der Waals surface area contributed by atoms with Crippen LogP contribution in [0.1, 0.15) is 18.9 Å². The van der Waals surface area contributed by atoms with Crippen LogP contribution in [0.15, 0.2) is 28.9 Å². The smallest absolute Gasteiger partial charge is 0.343 e. The third-order valence-electron chi connectivity index (χ3n) is 3.08. The Morgan fingerprint density at radius 2 is 2.50 bits per heavy atom. The van der Waals surface area contributed by atoms with Crippen LogP contribution in [0.25, 0.3) is 5.76 Å². The molecule has 0 bridgehead atoms. The van der Waals surface area contributed by atoms with E-state index in [0.717, 1.165) is 6.42 Å². The van der Waals surface area contributed by atoms with E-state index in [2.05, 4.69) is 9.98 Å². The van der Waals surface area contributed by atoms with Gasteiger partial charge in [-0.25, -0.2) is 9.78 Å². The largest absolute Gasteiger partial charge is 0.506 e. The number of esters is 1. The van der Waals surface area contributed by atoms with Crippen LogP contribution in [0.4, 0.5) is 0 Å². The van der Waals surface area contributed by atoms with Crippen LogP contribution in [0.3, 0.4) is 0 Å². The van der Waals surface area contributed by atoms with Gasteiger partial charge in [0.15, 0.2) is 0 Å². The van der Waals surface area contributed by atoms with E-state index in [0.29, 0.717) is 13.2 Å². The first kappa shape index (κ1) is 16.5. The molecule has 1 saturated heterocycles. The zero-order chi connectivity index (χ0) is 15.9. The van der Waals surface area contributed by atoms with Gasteiger partial charge in [0.05, 0.1) is 24.8 Å². The van der Waals surface area contributed by atoms with Crippen LogP contribution in [0, 0.1) is 0 Å². The van der Waals surface area contributed by atoms with Gasteiger partial charge in [0.2, 0.25) is 0 Å².